The first-order valence-corrected chi connectivity index (χ1v) is 7.40. The first kappa shape index (κ1) is 14.8. The van der Waals surface area contributed by atoms with Crippen LogP contribution in [0.3, 0.4) is 0 Å². The standard InChI is InChI=1S/C15H21N5O2/c1-11-4-5-12(22-11)8-15(21)19-9-13(18(2)3)14(10-19)20-7-6-16-17-20/h4-7,13-14H,8-10H2,1-3H3/t13-,14+/m1/s1. The number of hydrogen-bond donors (Lipinski definition) is 0. The van der Waals surface area contributed by atoms with E-state index in [9.17, 15) is 4.79 Å². The molecule has 7 heteroatoms. The summed E-state index contributed by atoms with van der Waals surface area (Å²) >= 11 is 0. The van der Waals surface area contributed by atoms with Gasteiger partial charge < -0.3 is 14.2 Å². The van der Waals surface area contributed by atoms with Crippen LogP contribution in [-0.2, 0) is 11.2 Å². The van der Waals surface area contributed by atoms with Crippen molar-refractivity contribution in [3.05, 3.63) is 36.0 Å². The van der Waals surface area contributed by atoms with Gasteiger partial charge in [0.05, 0.1) is 24.7 Å². The molecule has 2 aromatic heterocycles. The van der Waals surface area contributed by atoms with Gasteiger partial charge >= 0.3 is 0 Å². The van der Waals surface area contributed by atoms with Crippen LogP contribution >= 0.6 is 0 Å². The van der Waals surface area contributed by atoms with Gasteiger partial charge in [-0.15, -0.1) is 5.10 Å². The maximum Gasteiger partial charge on any atom is 0.230 e. The van der Waals surface area contributed by atoms with Crippen LogP contribution in [0.2, 0.25) is 0 Å². The van der Waals surface area contributed by atoms with Crippen molar-refractivity contribution in [1.29, 1.82) is 0 Å². The molecule has 0 spiro atoms. The van der Waals surface area contributed by atoms with Crippen LogP contribution in [-0.4, -0.2) is 63.9 Å². The molecule has 1 fully saturated rings. The summed E-state index contributed by atoms with van der Waals surface area (Å²) in [5, 5.41) is 7.97. The summed E-state index contributed by atoms with van der Waals surface area (Å²) in [7, 11) is 4.05. The minimum absolute atomic E-state index is 0.0869. The second-order valence-corrected chi connectivity index (χ2v) is 5.97. The number of carbonyl (C=O) groups excluding carboxylic acids is 1. The number of hydrogen-bond acceptors (Lipinski definition) is 5. The summed E-state index contributed by atoms with van der Waals surface area (Å²) in [5.41, 5.74) is 0. The van der Waals surface area contributed by atoms with Crippen LogP contribution in [0.4, 0.5) is 0 Å². The first-order chi connectivity index (χ1) is 10.5. The molecule has 0 aliphatic carbocycles. The molecular weight excluding hydrogens is 282 g/mol. The van der Waals surface area contributed by atoms with Crippen molar-refractivity contribution in [3.8, 4) is 0 Å². The topological polar surface area (TPSA) is 67.4 Å². The van der Waals surface area contributed by atoms with Crippen molar-refractivity contribution < 1.29 is 9.21 Å². The summed E-state index contributed by atoms with van der Waals surface area (Å²) in [6.07, 6.45) is 3.83. The molecule has 0 bridgehead atoms. The van der Waals surface area contributed by atoms with Gasteiger partial charge in [0, 0.05) is 19.3 Å². The third-order valence-corrected chi connectivity index (χ3v) is 4.18. The highest BCUT2D eigenvalue weighted by atomic mass is 16.3. The second-order valence-electron chi connectivity index (χ2n) is 5.97. The first-order valence-electron chi connectivity index (χ1n) is 7.40. The minimum atomic E-state index is 0.0869. The molecule has 118 valence electrons. The maximum atomic E-state index is 12.5. The Labute approximate surface area is 129 Å². The van der Waals surface area contributed by atoms with Gasteiger partial charge in [0.2, 0.25) is 5.91 Å². The summed E-state index contributed by atoms with van der Waals surface area (Å²) in [6.45, 7) is 3.22. The van der Waals surface area contributed by atoms with Crippen molar-refractivity contribution in [1.82, 2.24) is 24.8 Å². The fourth-order valence-electron chi connectivity index (χ4n) is 2.98. The van der Waals surface area contributed by atoms with Crippen molar-refractivity contribution >= 4 is 5.91 Å². The van der Waals surface area contributed by atoms with Gasteiger partial charge in [-0.2, -0.15) is 0 Å². The zero-order valence-electron chi connectivity index (χ0n) is 13.1. The van der Waals surface area contributed by atoms with Crippen molar-refractivity contribution in [2.24, 2.45) is 0 Å². The number of aromatic nitrogens is 3. The number of likely N-dealkylation sites (N-methyl/N-ethyl adjacent to an activating group) is 1. The lowest BCUT2D eigenvalue weighted by Crippen LogP contribution is -2.37. The molecule has 0 unspecified atom stereocenters. The largest absolute Gasteiger partial charge is 0.466 e. The molecule has 0 radical (unpaired) electrons. The predicted octanol–water partition coefficient (Wildman–Crippen LogP) is 0.736. The fourth-order valence-corrected chi connectivity index (χ4v) is 2.98. The Morgan fingerprint density at radius 2 is 2.23 bits per heavy atom. The highest BCUT2D eigenvalue weighted by molar-refractivity contribution is 5.78. The number of nitrogens with zero attached hydrogens (tertiary/aromatic N) is 5. The fraction of sp³-hybridized carbons (Fsp3) is 0.533. The number of aryl methyl sites for hydroxylation is 1. The summed E-state index contributed by atoms with van der Waals surface area (Å²) in [5.74, 6) is 1.63. The average Bonchev–Trinajstić information content (AvgIpc) is 3.17. The number of amides is 1. The van der Waals surface area contributed by atoms with E-state index in [-0.39, 0.29) is 18.0 Å². The molecule has 22 heavy (non-hydrogen) atoms. The monoisotopic (exact) mass is 303 g/mol. The van der Waals surface area contributed by atoms with Crippen molar-refractivity contribution in [2.75, 3.05) is 27.2 Å². The third kappa shape index (κ3) is 2.89. The van der Waals surface area contributed by atoms with E-state index in [0.717, 1.165) is 5.76 Å². The van der Waals surface area contributed by atoms with Crippen LogP contribution in [0.25, 0.3) is 0 Å². The van der Waals surface area contributed by atoms with Gasteiger partial charge in [-0.25, -0.2) is 4.68 Å². The van der Waals surface area contributed by atoms with Crippen LogP contribution in [0.1, 0.15) is 17.6 Å². The Hall–Kier alpha value is -2.15. The molecule has 2 aromatic rings. The van der Waals surface area contributed by atoms with E-state index in [4.69, 9.17) is 4.42 Å². The zero-order chi connectivity index (χ0) is 15.7. The SMILES string of the molecule is Cc1ccc(CC(=O)N2C[C@@H](N(C)C)[C@@H](n3ccnn3)C2)o1. The van der Waals surface area contributed by atoms with E-state index in [1.165, 1.54) is 0 Å². The Bertz CT molecular complexity index is 634. The van der Waals surface area contributed by atoms with Crippen molar-refractivity contribution in [3.63, 3.8) is 0 Å². The zero-order valence-corrected chi connectivity index (χ0v) is 13.1. The molecule has 0 saturated carbocycles. The van der Waals surface area contributed by atoms with Gasteiger partial charge in [0.25, 0.3) is 0 Å². The molecule has 1 saturated heterocycles. The highest BCUT2D eigenvalue weighted by Crippen LogP contribution is 2.25. The van der Waals surface area contributed by atoms with Crippen LogP contribution in [0, 0.1) is 6.92 Å². The van der Waals surface area contributed by atoms with E-state index in [0.29, 0.717) is 25.3 Å². The van der Waals surface area contributed by atoms with Gasteiger partial charge in [0.1, 0.15) is 11.5 Å². The van der Waals surface area contributed by atoms with Gasteiger partial charge in [-0.3, -0.25) is 4.79 Å². The Balaban J connectivity index is 1.71. The Kier molecular flexibility index (Phi) is 3.98. The number of likely N-dealkylation sites (tertiary alicyclic amines) is 1. The van der Waals surface area contributed by atoms with Gasteiger partial charge in [-0.1, -0.05) is 5.21 Å². The molecule has 2 atom stereocenters. The quantitative estimate of drug-likeness (QED) is 0.833. The lowest BCUT2D eigenvalue weighted by molar-refractivity contribution is -0.129. The van der Waals surface area contributed by atoms with Crippen LogP contribution < -0.4 is 0 Å². The number of carbonyl (C=O) groups is 1. The lowest BCUT2D eigenvalue weighted by atomic mass is 10.1. The molecule has 1 aliphatic heterocycles. The molecule has 3 heterocycles. The van der Waals surface area contributed by atoms with Crippen molar-refractivity contribution in [2.45, 2.75) is 25.4 Å². The van der Waals surface area contributed by atoms with E-state index < -0.39 is 0 Å². The van der Waals surface area contributed by atoms with E-state index in [1.807, 2.05) is 48.9 Å². The Morgan fingerprint density at radius 3 is 2.82 bits per heavy atom. The maximum absolute atomic E-state index is 12.5. The molecule has 1 aliphatic rings. The van der Waals surface area contributed by atoms with E-state index >= 15 is 0 Å². The highest BCUT2D eigenvalue weighted by Gasteiger charge is 2.38. The van der Waals surface area contributed by atoms with Crippen LogP contribution in [0.5, 0.6) is 0 Å². The number of rotatable bonds is 4. The lowest BCUT2D eigenvalue weighted by Gasteiger charge is -2.24. The van der Waals surface area contributed by atoms with E-state index in [2.05, 4.69) is 15.2 Å². The molecular formula is C15H21N5O2. The van der Waals surface area contributed by atoms with Gasteiger partial charge in [0.15, 0.2) is 0 Å². The minimum Gasteiger partial charge on any atom is -0.466 e. The van der Waals surface area contributed by atoms with E-state index in [1.54, 1.807) is 6.20 Å². The summed E-state index contributed by atoms with van der Waals surface area (Å²) in [6, 6.07) is 4.10. The number of furan rings is 1. The average molecular weight is 303 g/mol. The summed E-state index contributed by atoms with van der Waals surface area (Å²) < 4.78 is 7.34. The normalized spacial score (nSPS) is 21.7. The second kappa shape index (κ2) is 5.92. The molecule has 1 amide bonds. The molecule has 0 aromatic carbocycles. The van der Waals surface area contributed by atoms with Gasteiger partial charge in [-0.05, 0) is 33.2 Å². The molecule has 3 rings (SSSR count). The third-order valence-electron chi connectivity index (χ3n) is 4.18. The molecule has 0 N–H and O–H groups in total. The predicted molar refractivity (Wildman–Crippen MR) is 80.3 cm³/mol. The summed E-state index contributed by atoms with van der Waals surface area (Å²) in [4.78, 5) is 16.5. The smallest absolute Gasteiger partial charge is 0.230 e. The Morgan fingerprint density at radius 1 is 1.41 bits per heavy atom. The molecule has 7 nitrogen and oxygen atoms in total. The van der Waals surface area contributed by atoms with Crippen LogP contribution in [0.15, 0.2) is 28.9 Å².